The number of piperidine rings is 1. The maximum absolute atomic E-state index is 12.6. The predicted octanol–water partition coefficient (Wildman–Crippen LogP) is 2.13. The van der Waals surface area contributed by atoms with Gasteiger partial charge in [-0.05, 0) is 38.3 Å². The van der Waals surface area contributed by atoms with E-state index in [9.17, 15) is 4.79 Å². The molecule has 1 aliphatic rings. The van der Waals surface area contributed by atoms with Crippen LogP contribution in [0, 0.1) is 5.92 Å². The third-order valence-electron chi connectivity index (χ3n) is 4.22. The van der Waals surface area contributed by atoms with Gasteiger partial charge >= 0.3 is 0 Å². The first kappa shape index (κ1) is 17.4. The fraction of sp³-hybridized carbons (Fsp3) is 0.938. The highest BCUT2D eigenvalue weighted by atomic mass is 16.2. The number of nitrogens with two attached hydrogens (primary N) is 1. The normalized spacial score (nSPS) is 19.9. The molecule has 2 atom stereocenters. The van der Waals surface area contributed by atoms with Crippen LogP contribution in [0.25, 0.3) is 0 Å². The summed E-state index contributed by atoms with van der Waals surface area (Å²) in [6.45, 7) is 9.10. The van der Waals surface area contributed by atoms with Gasteiger partial charge in [0.05, 0.1) is 6.04 Å². The lowest BCUT2D eigenvalue weighted by atomic mass is 9.98. The van der Waals surface area contributed by atoms with Crippen LogP contribution >= 0.6 is 0 Å². The number of hydrogen-bond donors (Lipinski definition) is 2. The van der Waals surface area contributed by atoms with Gasteiger partial charge in [0.15, 0.2) is 0 Å². The van der Waals surface area contributed by atoms with Crippen molar-refractivity contribution in [2.45, 2.75) is 71.4 Å². The van der Waals surface area contributed by atoms with E-state index in [1.54, 1.807) is 0 Å². The van der Waals surface area contributed by atoms with Crippen LogP contribution in [0.2, 0.25) is 0 Å². The number of hydrogen-bond acceptors (Lipinski definition) is 3. The minimum Gasteiger partial charge on any atom is -0.351 e. The zero-order valence-electron chi connectivity index (χ0n) is 13.5. The van der Waals surface area contributed by atoms with Crippen molar-refractivity contribution in [3.63, 3.8) is 0 Å². The van der Waals surface area contributed by atoms with Gasteiger partial charge in [0.2, 0.25) is 5.91 Å². The Kier molecular flexibility index (Phi) is 8.15. The number of nitrogens with zero attached hydrogens (tertiary/aromatic N) is 1. The Labute approximate surface area is 124 Å². The third kappa shape index (κ3) is 5.41. The fourth-order valence-electron chi connectivity index (χ4n) is 3.07. The smallest absolute Gasteiger partial charge is 0.237 e. The van der Waals surface area contributed by atoms with E-state index in [2.05, 4.69) is 31.0 Å². The molecule has 1 aliphatic heterocycles. The minimum atomic E-state index is 0.00553. The molecule has 4 heteroatoms. The zero-order chi connectivity index (χ0) is 15.0. The number of nitrogens with one attached hydrogen (secondary N) is 1. The molecule has 1 amide bonds. The van der Waals surface area contributed by atoms with Crippen molar-refractivity contribution in [3.05, 3.63) is 0 Å². The van der Waals surface area contributed by atoms with E-state index in [-0.39, 0.29) is 18.0 Å². The van der Waals surface area contributed by atoms with Crippen molar-refractivity contribution in [2.24, 2.45) is 11.7 Å². The Bertz CT molecular complexity index is 275. The molecule has 0 spiro atoms. The molecule has 3 N–H and O–H groups in total. The van der Waals surface area contributed by atoms with Gasteiger partial charge in [-0.2, -0.15) is 0 Å². The Morgan fingerprint density at radius 1 is 1.25 bits per heavy atom. The van der Waals surface area contributed by atoms with Crippen LogP contribution in [-0.2, 0) is 4.79 Å². The third-order valence-corrected chi connectivity index (χ3v) is 4.22. The highest BCUT2D eigenvalue weighted by molar-refractivity contribution is 5.82. The van der Waals surface area contributed by atoms with Gasteiger partial charge < -0.3 is 11.1 Å². The number of likely N-dealkylation sites (tertiary alicyclic amines) is 1. The lowest BCUT2D eigenvalue weighted by Gasteiger charge is -2.36. The molecule has 20 heavy (non-hydrogen) atoms. The van der Waals surface area contributed by atoms with Crippen molar-refractivity contribution in [3.8, 4) is 0 Å². The van der Waals surface area contributed by atoms with Crippen molar-refractivity contribution >= 4 is 5.91 Å². The molecule has 0 saturated carbocycles. The van der Waals surface area contributed by atoms with Crippen molar-refractivity contribution in [1.82, 2.24) is 10.2 Å². The molecule has 2 unspecified atom stereocenters. The lowest BCUT2D eigenvalue weighted by molar-refractivity contribution is -0.129. The van der Waals surface area contributed by atoms with Crippen LogP contribution in [-0.4, -0.2) is 42.5 Å². The maximum atomic E-state index is 12.6. The summed E-state index contributed by atoms with van der Waals surface area (Å²) in [6, 6.07) is 0.138. The molecule has 0 aliphatic carbocycles. The summed E-state index contributed by atoms with van der Waals surface area (Å²) in [5.41, 5.74) is 5.79. The first-order valence-electron chi connectivity index (χ1n) is 8.34. The highest BCUT2D eigenvalue weighted by Gasteiger charge is 2.30. The van der Waals surface area contributed by atoms with E-state index in [1.165, 1.54) is 19.3 Å². The Balaban J connectivity index is 2.58. The van der Waals surface area contributed by atoms with E-state index in [0.29, 0.717) is 12.5 Å². The average Bonchev–Trinajstić information content (AvgIpc) is 2.44. The minimum absolute atomic E-state index is 0.00553. The molecular weight excluding hydrogens is 250 g/mol. The molecule has 1 fully saturated rings. The molecule has 1 heterocycles. The monoisotopic (exact) mass is 283 g/mol. The van der Waals surface area contributed by atoms with E-state index in [1.807, 2.05) is 0 Å². The van der Waals surface area contributed by atoms with Gasteiger partial charge in [-0.1, -0.05) is 40.0 Å². The number of rotatable bonds is 8. The quantitative estimate of drug-likeness (QED) is 0.717. The summed E-state index contributed by atoms with van der Waals surface area (Å²) in [4.78, 5) is 15.0. The Hall–Kier alpha value is -0.610. The first-order valence-corrected chi connectivity index (χ1v) is 8.34. The second-order valence-corrected chi connectivity index (χ2v) is 6.37. The first-order chi connectivity index (χ1) is 9.60. The van der Waals surface area contributed by atoms with Crippen molar-refractivity contribution < 1.29 is 4.79 Å². The second kappa shape index (κ2) is 9.35. The number of carbonyl (C=O) groups is 1. The maximum Gasteiger partial charge on any atom is 0.237 e. The Morgan fingerprint density at radius 3 is 2.40 bits per heavy atom. The molecule has 0 radical (unpaired) electrons. The van der Waals surface area contributed by atoms with Crippen LogP contribution < -0.4 is 11.1 Å². The molecule has 0 aromatic rings. The second-order valence-electron chi connectivity index (χ2n) is 6.37. The summed E-state index contributed by atoms with van der Waals surface area (Å²) in [5.74, 6) is 0.520. The summed E-state index contributed by atoms with van der Waals surface area (Å²) in [7, 11) is 0. The molecular formula is C16H33N3O. The molecule has 1 rings (SSSR count). The van der Waals surface area contributed by atoms with Gasteiger partial charge in [0.25, 0.3) is 0 Å². The molecule has 1 saturated heterocycles. The molecule has 118 valence electrons. The van der Waals surface area contributed by atoms with E-state index in [0.717, 1.165) is 32.4 Å². The predicted molar refractivity (Wildman–Crippen MR) is 84.6 cm³/mol. The molecule has 0 aromatic heterocycles. The van der Waals surface area contributed by atoms with Gasteiger partial charge in [0.1, 0.15) is 0 Å². The summed E-state index contributed by atoms with van der Waals surface area (Å²) >= 11 is 0. The standard InChI is InChI=1S/C16H33N3O/c1-4-5-9-14(12-17)18-16(20)15(13(2)3)19-10-7-6-8-11-19/h13-15H,4-12,17H2,1-3H3,(H,18,20). The summed E-state index contributed by atoms with van der Waals surface area (Å²) in [6.07, 6.45) is 6.98. The number of unbranched alkanes of at least 4 members (excludes halogenated alkanes) is 1. The van der Waals surface area contributed by atoms with Gasteiger partial charge in [-0.3, -0.25) is 9.69 Å². The van der Waals surface area contributed by atoms with E-state index >= 15 is 0 Å². The topological polar surface area (TPSA) is 58.4 Å². The van der Waals surface area contributed by atoms with E-state index < -0.39 is 0 Å². The van der Waals surface area contributed by atoms with E-state index in [4.69, 9.17) is 5.73 Å². The lowest BCUT2D eigenvalue weighted by Crippen LogP contribution is -2.54. The van der Waals surface area contributed by atoms with Crippen molar-refractivity contribution in [2.75, 3.05) is 19.6 Å². The molecule has 0 bridgehead atoms. The highest BCUT2D eigenvalue weighted by Crippen LogP contribution is 2.18. The van der Waals surface area contributed by atoms with Crippen LogP contribution in [0.4, 0.5) is 0 Å². The van der Waals surface area contributed by atoms with Gasteiger partial charge in [-0.15, -0.1) is 0 Å². The average molecular weight is 283 g/mol. The van der Waals surface area contributed by atoms with Crippen molar-refractivity contribution in [1.29, 1.82) is 0 Å². The SMILES string of the molecule is CCCCC(CN)NC(=O)C(C(C)C)N1CCCCC1. The van der Waals surface area contributed by atoms with Gasteiger partial charge in [0, 0.05) is 12.6 Å². The summed E-state index contributed by atoms with van der Waals surface area (Å²) in [5, 5.41) is 3.17. The van der Waals surface area contributed by atoms with Crippen LogP contribution in [0.1, 0.15) is 59.3 Å². The van der Waals surface area contributed by atoms with Crippen LogP contribution in [0.3, 0.4) is 0 Å². The zero-order valence-corrected chi connectivity index (χ0v) is 13.5. The number of carbonyl (C=O) groups excluding carboxylic acids is 1. The van der Waals surface area contributed by atoms with Crippen LogP contribution in [0.15, 0.2) is 0 Å². The largest absolute Gasteiger partial charge is 0.351 e. The Morgan fingerprint density at radius 2 is 1.90 bits per heavy atom. The fourth-order valence-corrected chi connectivity index (χ4v) is 3.07. The molecule has 4 nitrogen and oxygen atoms in total. The number of amides is 1. The molecule has 0 aromatic carbocycles. The summed E-state index contributed by atoms with van der Waals surface area (Å²) < 4.78 is 0. The van der Waals surface area contributed by atoms with Gasteiger partial charge in [-0.25, -0.2) is 0 Å². The van der Waals surface area contributed by atoms with Crippen LogP contribution in [0.5, 0.6) is 0 Å².